The first-order chi connectivity index (χ1) is 16.0. The molecule has 0 radical (unpaired) electrons. The normalized spacial score (nSPS) is 17.3. The lowest BCUT2D eigenvalue weighted by Gasteiger charge is -2.23. The summed E-state index contributed by atoms with van der Waals surface area (Å²) in [6.45, 7) is 7.84. The Morgan fingerprint density at radius 1 is 1.06 bits per heavy atom. The van der Waals surface area contributed by atoms with E-state index in [4.69, 9.17) is 4.74 Å². The molecule has 174 valence electrons. The highest BCUT2D eigenvalue weighted by atomic mass is 16.5. The number of ether oxygens (including phenoxy) is 1. The summed E-state index contributed by atoms with van der Waals surface area (Å²) in [6.07, 6.45) is 4.34. The lowest BCUT2D eigenvalue weighted by Crippen LogP contribution is -2.37. The van der Waals surface area contributed by atoms with Crippen molar-refractivity contribution in [2.75, 3.05) is 33.3 Å². The van der Waals surface area contributed by atoms with Gasteiger partial charge in [-0.25, -0.2) is 4.68 Å². The zero-order valence-corrected chi connectivity index (χ0v) is 20.0. The first-order valence-corrected chi connectivity index (χ1v) is 11.6. The Kier molecular flexibility index (Phi) is 7.08. The minimum atomic E-state index is -0.0813. The van der Waals surface area contributed by atoms with Crippen LogP contribution in [-0.2, 0) is 24.8 Å². The fourth-order valence-corrected chi connectivity index (χ4v) is 4.72. The number of benzene rings is 1. The van der Waals surface area contributed by atoms with Crippen LogP contribution >= 0.6 is 0 Å². The smallest absolute Gasteiger partial charge is 0.227 e. The minimum absolute atomic E-state index is 0.0813. The summed E-state index contributed by atoms with van der Waals surface area (Å²) < 4.78 is 7.38. The van der Waals surface area contributed by atoms with Gasteiger partial charge in [0.15, 0.2) is 0 Å². The van der Waals surface area contributed by atoms with E-state index in [2.05, 4.69) is 46.2 Å². The van der Waals surface area contributed by atoms with E-state index in [0.717, 1.165) is 67.4 Å². The number of nitrogens with zero attached hydrogens (tertiary/aromatic N) is 5. The lowest BCUT2D eigenvalue weighted by atomic mass is 9.95. The molecule has 1 aliphatic rings. The molecule has 1 saturated heterocycles. The highest BCUT2D eigenvalue weighted by molar-refractivity contribution is 5.79. The van der Waals surface area contributed by atoms with Gasteiger partial charge >= 0.3 is 0 Å². The molecule has 0 saturated carbocycles. The van der Waals surface area contributed by atoms with Gasteiger partial charge in [0.05, 0.1) is 24.3 Å². The molecular formula is C26H33N5O2. The molecular weight excluding hydrogens is 414 g/mol. The Balaban J connectivity index is 1.52. The summed E-state index contributed by atoms with van der Waals surface area (Å²) in [5.41, 5.74) is 5.55. The van der Waals surface area contributed by atoms with Gasteiger partial charge in [0, 0.05) is 52.2 Å². The highest BCUT2D eigenvalue weighted by Gasteiger charge is 2.30. The second-order valence-electron chi connectivity index (χ2n) is 8.68. The van der Waals surface area contributed by atoms with Crippen molar-refractivity contribution in [2.24, 2.45) is 13.0 Å². The summed E-state index contributed by atoms with van der Waals surface area (Å²) >= 11 is 0. The summed E-state index contributed by atoms with van der Waals surface area (Å²) in [4.78, 5) is 21.8. The summed E-state index contributed by atoms with van der Waals surface area (Å²) in [5.74, 6) is 0.953. The van der Waals surface area contributed by atoms with E-state index in [-0.39, 0.29) is 11.8 Å². The molecule has 0 aliphatic carbocycles. The third kappa shape index (κ3) is 5.09. The molecule has 0 spiro atoms. The number of carbonyl (C=O) groups is 1. The molecule has 1 fully saturated rings. The Hall–Kier alpha value is -3.19. The topological polar surface area (TPSA) is 63.5 Å². The molecule has 1 aromatic carbocycles. The van der Waals surface area contributed by atoms with Crippen molar-refractivity contribution in [1.29, 1.82) is 0 Å². The molecule has 33 heavy (non-hydrogen) atoms. The van der Waals surface area contributed by atoms with Crippen molar-refractivity contribution in [3.8, 4) is 17.0 Å². The number of likely N-dealkylation sites (N-methyl/N-ethyl adjacent to an activating group) is 1. The van der Waals surface area contributed by atoms with Gasteiger partial charge in [-0.15, -0.1) is 0 Å². The monoisotopic (exact) mass is 447 g/mol. The third-order valence-corrected chi connectivity index (χ3v) is 6.52. The van der Waals surface area contributed by atoms with Crippen molar-refractivity contribution in [3.63, 3.8) is 0 Å². The second kappa shape index (κ2) is 10.2. The number of hydrogen-bond donors (Lipinski definition) is 0. The maximum Gasteiger partial charge on any atom is 0.227 e. The van der Waals surface area contributed by atoms with Crippen LogP contribution in [0.2, 0.25) is 0 Å². The van der Waals surface area contributed by atoms with Crippen LogP contribution in [0.3, 0.4) is 0 Å². The van der Waals surface area contributed by atoms with Crippen molar-refractivity contribution < 1.29 is 9.53 Å². The quantitative estimate of drug-likeness (QED) is 0.556. The van der Waals surface area contributed by atoms with Crippen LogP contribution in [0, 0.1) is 12.8 Å². The Morgan fingerprint density at radius 2 is 1.76 bits per heavy atom. The van der Waals surface area contributed by atoms with Crippen LogP contribution in [-0.4, -0.2) is 63.8 Å². The molecule has 1 atom stereocenters. The van der Waals surface area contributed by atoms with Crippen LogP contribution in [0.4, 0.5) is 0 Å². The van der Waals surface area contributed by atoms with E-state index in [1.54, 1.807) is 24.2 Å². The summed E-state index contributed by atoms with van der Waals surface area (Å²) in [6, 6.07) is 12.6. The first kappa shape index (κ1) is 23.0. The van der Waals surface area contributed by atoms with Gasteiger partial charge in [-0.3, -0.25) is 14.7 Å². The van der Waals surface area contributed by atoms with Crippen LogP contribution < -0.4 is 4.74 Å². The number of rotatable bonds is 7. The molecule has 3 heterocycles. The molecule has 4 rings (SSSR count). The second-order valence-corrected chi connectivity index (χ2v) is 8.68. The molecule has 3 aromatic rings. The summed E-state index contributed by atoms with van der Waals surface area (Å²) in [5, 5.41) is 4.52. The van der Waals surface area contributed by atoms with E-state index in [9.17, 15) is 4.79 Å². The fourth-order valence-electron chi connectivity index (χ4n) is 4.72. The van der Waals surface area contributed by atoms with E-state index < -0.39 is 0 Å². The molecule has 0 bridgehead atoms. The third-order valence-electron chi connectivity index (χ3n) is 6.52. The SMILES string of the molecule is CCN1CCN(Cc2c(C)nn(C)c2OC)C[C@@H](Cc2ccc(-c3ccncc3)cc2)C1=O. The molecule has 7 heteroatoms. The van der Waals surface area contributed by atoms with E-state index >= 15 is 0 Å². The van der Waals surface area contributed by atoms with Gasteiger partial charge in [0.1, 0.15) is 0 Å². The van der Waals surface area contributed by atoms with Gasteiger partial charge in [0.2, 0.25) is 11.8 Å². The van der Waals surface area contributed by atoms with Gasteiger partial charge in [-0.05, 0) is 49.1 Å². The van der Waals surface area contributed by atoms with Gasteiger partial charge in [0.25, 0.3) is 0 Å². The number of carbonyl (C=O) groups excluding carboxylic acids is 1. The summed E-state index contributed by atoms with van der Waals surface area (Å²) in [7, 11) is 3.58. The van der Waals surface area contributed by atoms with E-state index in [1.165, 1.54) is 5.56 Å². The first-order valence-electron chi connectivity index (χ1n) is 11.6. The average Bonchev–Trinajstić information content (AvgIpc) is 3.01. The largest absolute Gasteiger partial charge is 0.481 e. The number of aromatic nitrogens is 3. The number of pyridine rings is 1. The van der Waals surface area contributed by atoms with Crippen LogP contribution in [0.1, 0.15) is 23.7 Å². The Labute approximate surface area is 196 Å². The van der Waals surface area contributed by atoms with Gasteiger partial charge < -0.3 is 9.64 Å². The zero-order valence-electron chi connectivity index (χ0n) is 20.0. The Morgan fingerprint density at radius 3 is 2.42 bits per heavy atom. The molecule has 2 aromatic heterocycles. The van der Waals surface area contributed by atoms with Gasteiger partial charge in [-0.1, -0.05) is 24.3 Å². The van der Waals surface area contributed by atoms with Crippen LogP contribution in [0.15, 0.2) is 48.8 Å². The number of hydrogen-bond acceptors (Lipinski definition) is 5. The number of methoxy groups -OCH3 is 1. The maximum absolute atomic E-state index is 13.3. The van der Waals surface area contributed by atoms with Crippen molar-refractivity contribution >= 4 is 5.91 Å². The predicted molar refractivity (Wildman–Crippen MR) is 129 cm³/mol. The van der Waals surface area contributed by atoms with Crippen molar-refractivity contribution in [2.45, 2.75) is 26.8 Å². The molecule has 0 N–H and O–H groups in total. The highest BCUT2D eigenvalue weighted by Crippen LogP contribution is 2.26. The van der Waals surface area contributed by atoms with E-state index in [1.807, 2.05) is 31.0 Å². The molecule has 1 aliphatic heterocycles. The van der Waals surface area contributed by atoms with E-state index in [0.29, 0.717) is 0 Å². The Bertz CT molecular complexity index is 1080. The minimum Gasteiger partial charge on any atom is -0.481 e. The lowest BCUT2D eigenvalue weighted by molar-refractivity contribution is -0.134. The van der Waals surface area contributed by atoms with Crippen molar-refractivity contribution in [3.05, 3.63) is 65.6 Å². The van der Waals surface area contributed by atoms with Gasteiger partial charge in [-0.2, -0.15) is 5.10 Å². The average molecular weight is 448 g/mol. The molecule has 1 amide bonds. The molecule has 7 nitrogen and oxygen atoms in total. The number of aryl methyl sites for hydroxylation is 2. The maximum atomic E-state index is 13.3. The van der Waals surface area contributed by atoms with Crippen molar-refractivity contribution in [1.82, 2.24) is 24.6 Å². The zero-order chi connectivity index (χ0) is 23.4. The standard InChI is InChI=1S/C26H33N5O2/c1-5-31-15-14-30(18-24-19(2)28-29(3)26(24)33-4)17-23(25(31)32)16-20-6-8-21(9-7-20)22-10-12-27-13-11-22/h6-13,23H,5,14-18H2,1-4H3/t23-/m1/s1. The van der Waals surface area contributed by atoms with Crippen LogP contribution in [0.5, 0.6) is 5.88 Å². The number of amides is 1. The fraction of sp³-hybridized carbons (Fsp3) is 0.423. The van der Waals surface area contributed by atoms with Crippen LogP contribution in [0.25, 0.3) is 11.1 Å². The predicted octanol–water partition coefficient (Wildman–Crippen LogP) is 3.32. The molecule has 0 unspecified atom stereocenters.